The van der Waals surface area contributed by atoms with Gasteiger partial charge in [-0.25, -0.2) is 4.99 Å². The van der Waals surface area contributed by atoms with E-state index in [2.05, 4.69) is 32.0 Å². The molecule has 0 saturated carbocycles. The standard InChI is InChI=1S/C30H27NO2/c1-22-8-7-11-29(20-22)33-30(31-27-15-12-23(2)24(3)21-27)18-19-32-28-16-13-26(14-17-28)25-9-5-4-6-10-25/h4-21H,1-3H3. The molecule has 0 bridgehead atoms. The fourth-order valence-corrected chi connectivity index (χ4v) is 3.34. The molecule has 0 saturated heterocycles. The summed E-state index contributed by atoms with van der Waals surface area (Å²) in [4.78, 5) is 4.70. The normalized spacial score (nSPS) is 11.5. The SMILES string of the molecule is Cc1cccc(OC(C=COc2ccc(-c3ccccc3)cc2)=Nc2ccc(C)c(C)c2)c1. The van der Waals surface area contributed by atoms with E-state index in [9.17, 15) is 0 Å². The van der Waals surface area contributed by atoms with Crippen LogP contribution in [0.3, 0.4) is 0 Å². The zero-order valence-electron chi connectivity index (χ0n) is 19.2. The van der Waals surface area contributed by atoms with Crippen molar-refractivity contribution >= 4 is 11.6 Å². The Kier molecular flexibility index (Phi) is 7.01. The highest BCUT2D eigenvalue weighted by Gasteiger charge is 2.03. The first kappa shape index (κ1) is 22.1. The number of hydrogen-bond donors (Lipinski definition) is 0. The molecule has 3 heteroatoms. The molecule has 0 heterocycles. The number of benzene rings is 4. The van der Waals surface area contributed by atoms with Crippen LogP contribution in [0.4, 0.5) is 5.69 Å². The van der Waals surface area contributed by atoms with Gasteiger partial charge < -0.3 is 9.47 Å². The molecule has 3 nitrogen and oxygen atoms in total. The first-order valence-electron chi connectivity index (χ1n) is 11.0. The number of hydrogen-bond acceptors (Lipinski definition) is 3. The molecule has 0 amide bonds. The maximum Gasteiger partial charge on any atom is 0.222 e. The average molecular weight is 434 g/mol. The minimum atomic E-state index is 0.449. The summed E-state index contributed by atoms with van der Waals surface area (Å²) in [7, 11) is 0. The summed E-state index contributed by atoms with van der Waals surface area (Å²) in [6.07, 6.45) is 3.34. The van der Waals surface area contributed by atoms with Crippen molar-refractivity contribution in [2.24, 2.45) is 4.99 Å². The van der Waals surface area contributed by atoms with Crippen LogP contribution in [0.25, 0.3) is 11.1 Å². The van der Waals surface area contributed by atoms with E-state index in [0.29, 0.717) is 5.90 Å². The molecule has 0 aliphatic rings. The second-order valence-electron chi connectivity index (χ2n) is 7.95. The lowest BCUT2D eigenvalue weighted by atomic mass is 10.1. The number of rotatable bonds is 6. The van der Waals surface area contributed by atoms with Gasteiger partial charge in [-0.3, -0.25) is 0 Å². The molecule has 0 spiro atoms. The fraction of sp³-hybridized carbons (Fsp3) is 0.100. The van der Waals surface area contributed by atoms with Crippen LogP contribution in [0.2, 0.25) is 0 Å². The van der Waals surface area contributed by atoms with Crippen LogP contribution < -0.4 is 9.47 Å². The molecule has 4 aromatic rings. The number of ether oxygens (including phenoxy) is 2. The highest BCUT2D eigenvalue weighted by molar-refractivity contribution is 5.91. The molecule has 0 radical (unpaired) electrons. The molecule has 0 aromatic heterocycles. The van der Waals surface area contributed by atoms with Gasteiger partial charge in [-0.05, 0) is 85.0 Å². The monoisotopic (exact) mass is 433 g/mol. The van der Waals surface area contributed by atoms with Crippen LogP contribution in [-0.4, -0.2) is 5.90 Å². The minimum Gasteiger partial charge on any atom is -0.465 e. The summed E-state index contributed by atoms with van der Waals surface area (Å²) >= 11 is 0. The molecular weight excluding hydrogens is 406 g/mol. The van der Waals surface area contributed by atoms with Crippen molar-refractivity contribution in [3.8, 4) is 22.6 Å². The third-order valence-corrected chi connectivity index (χ3v) is 5.32. The Bertz CT molecular complexity index is 1270. The van der Waals surface area contributed by atoms with E-state index in [4.69, 9.17) is 14.5 Å². The van der Waals surface area contributed by atoms with Gasteiger partial charge >= 0.3 is 0 Å². The Morgan fingerprint density at radius 1 is 0.667 bits per heavy atom. The largest absolute Gasteiger partial charge is 0.465 e. The number of aliphatic imine (C=N–C) groups is 1. The summed E-state index contributed by atoms with van der Waals surface area (Å²) in [6, 6.07) is 32.3. The average Bonchev–Trinajstić information content (AvgIpc) is 2.82. The van der Waals surface area contributed by atoms with Gasteiger partial charge in [0, 0.05) is 6.08 Å². The van der Waals surface area contributed by atoms with Gasteiger partial charge in [-0.15, -0.1) is 0 Å². The van der Waals surface area contributed by atoms with E-state index in [1.807, 2.05) is 85.8 Å². The predicted octanol–water partition coefficient (Wildman–Crippen LogP) is 7.98. The Hall–Kier alpha value is -4.11. The van der Waals surface area contributed by atoms with Gasteiger partial charge in [0.15, 0.2) is 0 Å². The summed E-state index contributed by atoms with van der Waals surface area (Å²) in [5.74, 6) is 1.92. The van der Waals surface area contributed by atoms with Gasteiger partial charge in [0.05, 0.1) is 11.9 Å². The van der Waals surface area contributed by atoms with Crippen LogP contribution in [0.15, 0.2) is 114 Å². The van der Waals surface area contributed by atoms with E-state index in [1.54, 1.807) is 12.3 Å². The van der Waals surface area contributed by atoms with E-state index in [0.717, 1.165) is 28.3 Å². The summed E-state index contributed by atoms with van der Waals surface area (Å²) in [5, 5.41) is 0. The van der Waals surface area contributed by atoms with Crippen molar-refractivity contribution in [1.29, 1.82) is 0 Å². The Morgan fingerprint density at radius 3 is 2.15 bits per heavy atom. The lowest BCUT2D eigenvalue weighted by Gasteiger charge is -2.08. The van der Waals surface area contributed by atoms with Crippen LogP contribution in [-0.2, 0) is 0 Å². The number of nitrogens with zero attached hydrogens (tertiary/aromatic N) is 1. The quantitative estimate of drug-likeness (QED) is 0.175. The van der Waals surface area contributed by atoms with Crippen LogP contribution in [0, 0.1) is 20.8 Å². The Labute approximate surface area is 195 Å². The smallest absolute Gasteiger partial charge is 0.222 e. The third-order valence-electron chi connectivity index (χ3n) is 5.32. The Balaban J connectivity index is 1.52. The van der Waals surface area contributed by atoms with E-state index in [1.165, 1.54) is 16.7 Å². The van der Waals surface area contributed by atoms with E-state index in [-0.39, 0.29) is 0 Å². The first-order chi connectivity index (χ1) is 16.1. The maximum atomic E-state index is 6.07. The third kappa shape index (κ3) is 6.20. The lowest BCUT2D eigenvalue weighted by molar-refractivity contribution is 0.479. The second-order valence-corrected chi connectivity index (χ2v) is 7.95. The van der Waals surface area contributed by atoms with Crippen LogP contribution in [0.1, 0.15) is 16.7 Å². The molecule has 0 N–H and O–H groups in total. The van der Waals surface area contributed by atoms with Crippen molar-refractivity contribution in [2.75, 3.05) is 0 Å². The van der Waals surface area contributed by atoms with Gasteiger partial charge in [-0.1, -0.05) is 60.7 Å². The van der Waals surface area contributed by atoms with E-state index < -0.39 is 0 Å². The minimum absolute atomic E-state index is 0.449. The van der Waals surface area contributed by atoms with Gasteiger partial charge in [0.25, 0.3) is 0 Å². The van der Waals surface area contributed by atoms with Gasteiger partial charge in [-0.2, -0.15) is 0 Å². The number of aryl methyl sites for hydroxylation is 3. The molecule has 0 unspecified atom stereocenters. The summed E-state index contributed by atoms with van der Waals surface area (Å²) in [6.45, 7) is 6.20. The molecule has 0 aliphatic heterocycles. The highest BCUT2D eigenvalue weighted by atomic mass is 16.5. The zero-order chi connectivity index (χ0) is 23.0. The van der Waals surface area contributed by atoms with Gasteiger partial charge in [0.2, 0.25) is 5.90 Å². The second kappa shape index (κ2) is 10.5. The van der Waals surface area contributed by atoms with Crippen molar-refractivity contribution < 1.29 is 9.47 Å². The van der Waals surface area contributed by atoms with E-state index >= 15 is 0 Å². The van der Waals surface area contributed by atoms with Crippen LogP contribution >= 0.6 is 0 Å². The van der Waals surface area contributed by atoms with Crippen molar-refractivity contribution in [3.63, 3.8) is 0 Å². The first-order valence-corrected chi connectivity index (χ1v) is 11.0. The maximum absolute atomic E-state index is 6.07. The molecule has 164 valence electrons. The molecule has 33 heavy (non-hydrogen) atoms. The molecule has 0 atom stereocenters. The molecule has 0 fully saturated rings. The Morgan fingerprint density at radius 2 is 1.42 bits per heavy atom. The molecule has 4 rings (SSSR count). The van der Waals surface area contributed by atoms with Gasteiger partial charge in [0.1, 0.15) is 11.5 Å². The fourth-order valence-electron chi connectivity index (χ4n) is 3.34. The van der Waals surface area contributed by atoms with Crippen LogP contribution in [0.5, 0.6) is 11.5 Å². The van der Waals surface area contributed by atoms with Crippen molar-refractivity contribution in [2.45, 2.75) is 20.8 Å². The van der Waals surface area contributed by atoms with Crippen molar-refractivity contribution in [1.82, 2.24) is 0 Å². The molecule has 0 aliphatic carbocycles. The zero-order valence-corrected chi connectivity index (χ0v) is 19.2. The lowest BCUT2D eigenvalue weighted by Crippen LogP contribution is -2.05. The topological polar surface area (TPSA) is 30.8 Å². The summed E-state index contributed by atoms with van der Waals surface area (Å²) in [5.41, 5.74) is 6.69. The molecular formula is C30H27NO2. The molecule has 4 aromatic carbocycles. The van der Waals surface area contributed by atoms with Crippen molar-refractivity contribution in [3.05, 3.63) is 126 Å². The highest BCUT2D eigenvalue weighted by Crippen LogP contribution is 2.23. The summed E-state index contributed by atoms with van der Waals surface area (Å²) < 4.78 is 11.9. The predicted molar refractivity (Wildman–Crippen MR) is 136 cm³/mol.